The molecule has 4 heteroatoms. The molecule has 70 valence electrons. The van der Waals surface area contributed by atoms with Gasteiger partial charge in [0, 0.05) is 12.4 Å². The molecule has 13 heavy (non-hydrogen) atoms. The van der Waals surface area contributed by atoms with E-state index < -0.39 is 0 Å². The highest BCUT2D eigenvalue weighted by molar-refractivity contribution is 5.70. The molecule has 4 nitrogen and oxygen atoms in total. The summed E-state index contributed by atoms with van der Waals surface area (Å²) in [5.74, 6) is -0.367. The van der Waals surface area contributed by atoms with Crippen molar-refractivity contribution in [1.82, 2.24) is 4.98 Å². The van der Waals surface area contributed by atoms with E-state index in [2.05, 4.69) is 9.72 Å². The van der Waals surface area contributed by atoms with Crippen LogP contribution in [0.3, 0.4) is 0 Å². The highest BCUT2D eigenvalue weighted by Gasteiger charge is 1.99. The second-order valence-corrected chi connectivity index (χ2v) is 2.42. The number of rotatable bonds is 4. The van der Waals surface area contributed by atoms with Gasteiger partial charge in [0.2, 0.25) is 0 Å². The molecule has 0 aliphatic carbocycles. The summed E-state index contributed by atoms with van der Waals surface area (Å²) in [7, 11) is 1.33. The third-order valence-electron chi connectivity index (χ3n) is 1.47. The normalized spacial score (nSPS) is 9.62. The fourth-order valence-electron chi connectivity index (χ4n) is 0.790. The van der Waals surface area contributed by atoms with E-state index in [9.17, 15) is 4.79 Å². The van der Waals surface area contributed by atoms with Gasteiger partial charge in [0.15, 0.2) is 0 Å². The van der Waals surface area contributed by atoms with Crippen molar-refractivity contribution < 1.29 is 14.3 Å². The van der Waals surface area contributed by atoms with Gasteiger partial charge in [-0.1, -0.05) is 0 Å². The van der Waals surface area contributed by atoms with E-state index in [1.165, 1.54) is 7.11 Å². The fourth-order valence-corrected chi connectivity index (χ4v) is 0.790. The zero-order valence-corrected chi connectivity index (χ0v) is 7.40. The molecule has 0 fully saturated rings. The molecular weight excluding hydrogens is 170 g/mol. The molecule has 0 radical (unpaired) electrons. The number of nitrogens with zero attached hydrogens (tertiary/aromatic N) is 1. The summed E-state index contributed by atoms with van der Waals surface area (Å²) in [5.41, 5.74) is 0.985. The van der Waals surface area contributed by atoms with Gasteiger partial charge in [0.25, 0.3) is 0 Å². The van der Waals surface area contributed by atoms with Gasteiger partial charge in [-0.3, -0.25) is 4.98 Å². The Morgan fingerprint density at radius 1 is 1.46 bits per heavy atom. The maximum Gasteiger partial charge on any atom is 0.331 e. The van der Waals surface area contributed by atoms with Crippen molar-refractivity contribution in [3.63, 3.8) is 0 Å². The molecule has 0 unspecified atom stereocenters. The van der Waals surface area contributed by atoms with Crippen molar-refractivity contribution >= 4 is 5.97 Å². The molecule has 0 amide bonds. The fraction of sp³-hybridized carbons (Fsp3) is 0.333. The summed E-state index contributed by atoms with van der Waals surface area (Å²) in [6, 6.07) is 3.66. The molecule has 1 rings (SSSR count). The third-order valence-corrected chi connectivity index (χ3v) is 1.47. The lowest BCUT2D eigenvalue weighted by atomic mass is 10.3. The van der Waals surface area contributed by atoms with Crippen LogP contribution in [0, 0.1) is 0 Å². The number of esters is 1. The van der Waals surface area contributed by atoms with Crippen molar-refractivity contribution in [2.24, 2.45) is 0 Å². The number of hydrogen-bond acceptors (Lipinski definition) is 4. The highest BCUT2D eigenvalue weighted by atomic mass is 16.6. The first-order chi connectivity index (χ1) is 6.33. The van der Waals surface area contributed by atoms with Crippen LogP contribution >= 0.6 is 0 Å². The van der Waals surface area contributed by atoms with Crippen LogP contribution in [0.4, 0.5) is 0 Å². The number of ether oxygens (including phenoxy) is 2. The Morgan fingerprint density at radius 3 is 2.77 bits per heavy atom. The molecule has 0 spiro atoms. The minimum atomic E-state index is -0.367. The number of methoxy groups -OCH3 is 1. The van der Waals surface area contributed by atoms with E-state index in [-0.39, 0.29) is 12.6 Å². The smallest absolute Gasteiger partial charge is 0.331 e. The monoisotopic (exact) mass is 181 g/mol. The number of carbonyl (C=O) groups excluding carboxylic acids is 1. The average molecular weight is 181 g/mol. The van der Waals surface area contributed by atoms with Gasteiger partial charge in [-0.05, 0) is 17.7 Å². The lowest BCUT2D eigenvalue weighted by Gasteiger charge is -2.01. The zero-order valence-electron chi connectivity index (χ0n) is 7.40. The maximum absolute atomic E-state index is 10.6. The lowest BCUT2D eigenvalue weighted by Crippen LogP contribution is -2.09. The Hall–Kier alpha value is -1.42. The third kappa shape index (κ3) is 3.66. The van der Waals surface area contributed by atoms with E-state index in [1.54, 1.807) is 12.4 Å². The van der Waals surface area contributed by atoms with Crippen molar-refractivity contribution in [2.75, 3.05) is 13.7 Å². The zero-order chi connectivity index (χ0) is 9.52. The summed E-state index contributed by atoms with van der Waals surface area (Å²) in [6.07, 6.45) is 3.35. The Balaban J connectivity index is 2.24. The van der Waals surface area contributed by atoms with Gasteiger partial charge in [0.05, 0.1) is 13.7 Å². The summed E-state index contributed by atoms with van der Waals surface area (Å²) >= 11 is 0. The first-order valence-corrected chi connectivity index (χ1v) is 3.86. The van der Waals surface area contributed by atoms with Crippen molar-refractivity contribution in [3.8, 4) is 0 Å². The van der Waals surface area contributed by atoms with Crippen LogP contribution in [0.1, 0.15) is 5.56 Å². The van der Waals surface area contributed by atoms with Crippen molar-refractivity contribution in [2.45, 2.75) is 6.61 Å². The second kappa shape index (κ2) is 5.27. The maximum atomic E-state index is 10.6. The first kappa shape index (κ1) is 9.67. The van der Waals surface area contributed by atoms with Gasteiger partial charge >= 0.3 is 5.97 Å². The van der Waals surface area contributed by atoms with Crippen LogP contribution in [0.25, 0.3) is 0 Å². The van der Waals surface area contributed by atoms with Crippen LogP contribution in [0.5, 0.6) is 0 Å². The van der Waals surface area contributed by atoms with Crippen LogP contribution in [0.15, 0.2) is 24.5 Å². The Labute approximate surface area is 76.5 Å². The van der Waals surface area contributed by atoms with E-state index in [1.807, 2.05) is 12.1 Å². The van der Waals surface area contributed by atoms with Gasteiger partial charge in [-0.25, -0.2) is 4.79 Å². The largest absolute Gasteiger partial charge is 0.467 e. The lowest BCUT2D eigenvalue weighted by molar-refractivity contribution is -0.146. The van der Waals surface area contributed by atoms with Crippen LogP contribution in [0.2, 0.25) is 0 Å². The molecule has 1 aromatic rings. The summed E-state index contributed by atoms with van der Waals surface area (Å²) in [4.78, 5) is 14.5. The Kier molecular flexibility index (Phi) is 3.92. The quantitative estimate of drug-likeness (QED) is 0.644. The molecule has 0 bridgehead atoms. The molecule has 0 saturated carbocycles. The average Bonchev–Trinajstić information content (AvgIpc) is 2.19. The van der Waals surface area contributed by atoms with Gasteiger partial charge in [0.1, 0.15) is 6.61 Å². The standard InChI is InChI=1S/C9H11NO3/c1-12-9(11)7-13-6-8-2-4-10-5-3-8/h2-5H,6-7H2,1H3. The van der Waals surface area contributed by atoms with Gasteiger partial charge in [-0.2, -0.15) is 0 Å². The van der Waals surface area contributed by atoms with E-state index in [4.69, 9.17) is 4.74 Å². The molecule has 0 aliphatic rings. The Morgan fingerprint density at radius 2 is 2.15 bits per heavy atom. The van der Waals surface area contributed by atoms with E-state index in [0.29, 0.717) is 6.61 Å². The molecule has 0 saturated heterocycles. The van der Waals surface area contributed by atoms with Crippen LogP contribution < -0.4 is 0 Å². The topological polar surface area (TPSA) is 48.4 Å². The second-order valence-electron chi connectivity index (χ2n) is 2.42. The summed E-state index contributed by atoms with van der Waals surface area (Å²) < 4.78 is 9.48. The van der Waals surface area contributed by atoms with Gasteiger partial charge in [-0.15, -0.1) is 0 Å². The van der Waals surface area contributed by atoms with Crippen LogP contribution in [-0.4, -0.2) is 24.7 Å². The van der Waals surface area contributed by atoms with Crippen molar-refractivity contribution in [1.29, 1.82) is 0 Å². The molecule has 1 heterocycles. The first-order valence-electron chi connectivity index (χ1n) is 3.86. The number of carbonyl (C=O) groups is 1. The number of pyridine rings is 1. The predicted molar refractivity (Wildman–Crippen MR) is 45.9 cm³/mol. The van der Waals surface area contributed by atoms with Crippen molar-refractivity contribution in [3.05, 3.63) is 30.1 Å². The predicted octanol–water partition coefficient (Wildman–Crippen LogP) is 0.771. The molecule has 0 N–H and O–H groups in total. The molecule has 0 atom stereocenters. The summed E-state index contributed by atoms with van der Waals surface area (Å²) in [5, 5.41) is 0. The van der Waals surface area contributed by atoms with Crippen LogP contribution in [-0.2, 0) is 20.9 Å². The summed E-state index contributed by atoms with van der Waals surface area (Å²) in [6.45, 7) is 0.385. The molecule has 0 aliphatic heterocycles. The van der Waals surface area contributed by atoms with Gasteiger partial charge < -0.3 is 9.47 Å². The minimum absolute atomic E-state index is 0.0151. The number of aromatic nitrogens is 1. The molecule has 1 aromatic heterocycles. The Bertz CT molecular complexity index is 261. The molecular formula is C9H11NO3. The van der Waals surface area contributed by atoms with E-state index >= 15 is 0 Å². The number of hydrogen-bond donors (Lipinski definition) is 0. The molecule has 0 aromatic carbocycles. The minimum Gasteiger partial charge on any atom is -0.467 e. The van der Waals surface area contributed by atoms with E-state index in [0.717, 1.165) is 5.56 Å². The SMILES string of the molecule is COC(=O)COCc1ccncc1. The highest BCUT2D eigenvalue weighted by Crippen LogP contribution is 1.98.